The Kier molecular flexibility index (Phi) is 8.10. The zero-order valence-electron chi connectivity index (χ0n) is 16.0. The highest BCUT2D eigenvalue weighted by molar-refractivity contribution is 5.85. The molecule has 3 rings (SSSR count). The summed E-state index contributed by atoms with van der Waals surface area (Å²) in [4.78, 5) is 9.15. The van der Waals surface area contributed by atoms with Gasteiger partial charge in [-0.2, -0.15) is 0 Å². The molecule has 2 fully saturated rings. The average Bonchev–Trinajstić information content (AvgIpc) is 3.02. The van der Waals surface area contributed by atoms with Crippen molar-refractivity contribution in [2.75, 3.05) is 33.2 Å². The number of hydrogen-bond acceptors (Lipinski definition) is 4. The zero-order chi connectivity index (χ0) is 18.2. The number of halogens is 1. The van der Waals surface area contributed by atoms with Gasteiger partial charge in [0.15, 0.2) is 0 Å². The molecule has 0 saturated carbocycles. The minimum absolute atomic E-state index is 0.0689. The van der Waals surface area contributed by atoms with Gasteiger partial charge in [-0.05, 0) is 58.9 Å². The molecule has 0 bridgehead atoms. The number of hydrogen-bond donors (Lipinski definition) is 1. The van der Waals surface area contributed by atoms with Crippen molar-refractivity contribution in [2.24, 2.45) is 4.99 Å². The van der Waals surface area contributed by atoms with Gasteiger partial charge in [0.2, 0.25) is 0 Å². The Hall–Kier alpha value is -1.20. The van der Waals surface area contributed by atoms with Gasteiger partial charge in [-0.15, -0.1) is 6.58 Å². The van der Waals surface area contributed by atoms with Crippen molar-refractivity contribution in [1.29, 1.82) is 0 Å². The topological polar surface area (TPSA) is 30.9 Å². The second-order valence-electron chi connectivity index (χ2n) is 7.27. The smallest absolute Gasteiger partial charge is 0.127 e. The van der Waals surface area contributed by atoms with Crippen LogP contribution in [0.25, 0.3) is 0 Å². The van der Waals surface area contributed by atoms with Crippen LogP contribution >= 0.6 is 0 Å². The van der Waals surface area contributed by atoms with E-state index >= 15 is 0 Å². The third kappa shape index (κ3) is 5.38. The first-order chi connectivity index (χ1) is 12.1. The number of aliphatic imine (C=N–C) groups is 1. The summed E-state index contributed by atoms with van der Waals surface area (Å²) in [6.07, 6.45) is 9.07. The fourth-order valence-electron chi connectivity index (χ4n) is 3.99. The number of piperidine rings is 2. The summed E-state index contributed by atoms with van der Waals surface area (Å²) in [7, 11) is 2.19. The van der Waals surface area contributed by atoms with Crippen LogP contribution in [0.3, 0.4) is 0 Å². The van der Waals surface area contributed by atoms with E-state index in [2.05, 4.69) is 47.2 Å². The van der Waals surface area contributed by atoms with Gasteiger partial charge in [-0.1, -0.05) is 26.0 Å². The summed E-state index contributed by atoms with van der Waals surface area (Å²) < 4.78 is 13.5. The second-order valence-corrected chi connectivity index (χ2v) is 7.27. The lowest BCUT2D eigenvalue weighted by molar-refractivity contribution is 0.221. The minimum Gasteiger partial charge on any atom is -0.348 e. The Morgan fingerprint density at radius 2 is 1.92 bits per heavy atom. The third-order valence-corrected chi connectivity index (χ3v) is 5.39. The predicted octanol–water partition coefficient (Wildman–Crippen LogP) is 3.37. The molecule has 1 N–H and O–H groups in total. The second kappa shape index (κ2) is 10.1. The SMILES string of the molecule is C=CC1C(C(=C)F)N=C(CC)N1C1CCNCC1.CN1CCCCC1. The molecule has 4 nitrogen and oxygen atoms in total. The van der Waals surface area contributed by atoms with Crippen molar-refractivity contribution in [3.63, 3.8) is 0 Å². The van der Waals surface area contributed by atoms with Gasteiger partial charge in [0.05, 0.1) is 6.04 Å². The fraction of sp³-hybridized carbons (Fsp3) is 0.750. The van der Waals surface area contributed by atoms with Gasteiger partial charge in [0.25, 0.3) is 0 Å². The molecule has 0 spiro atoms. The first-order valence-electron chi connectivity index (χ1n) is 9.79. The first-order valence-corrected chi connectivity index (χ1v) is 9.79. The zero-order valence-corrected chi connectivity index (χ0v) is 16.0. The summed E-state index contributed by atoms with van der Waals surface area (Å²) in [5.74, 6) is 0.637. The van der Waals surface area contributed by atoms with Gasteiger partial charge in [-0.3, -0.25) is 4.99 Å². The Balaban J connectivity index is 0.000000269. The van der Waals surface area contributed by atoms with Crippen molar-refractivity contribution in [3.8, 4) is 0 Å². The van der Waals surface area contributed by atoms with Crippen LogP contribution in [0.1, 0.15) is 45.4 Å². The summed E-state index contributed by atoms with van der Waals surface area (Å²) in [6.45, 7) is 14.0. The van der Waals surface area contributed by atoms with Crippen molar-refractivity contribution < 1.29 is 4.39 Å². The van der Waals surface area contributed by atoms with Crippen LogP contribution in [0.5, 0.6) is 0 Å². The molecule has 142 valence electrons. The lowest BCUT2D eigenvalue weighted by Gasteiger charge is -2.38. The number of likely N-dealkylation sites (tertiary alicyclic amines) is 1. The highest BCUT2D eigenvalue weighted by Gasteiger charge is 2.39. The Bertz CT molecular complexity index is 464. The standard InChI is InChI=1S/C14H22FN3.C6H13N/c1-4-12-14(10(3)15)17-13(5-2)18(12)11-6-8-16-9-7-11;1-7-5-3-2-4-6-7/h4,11-12,14,16H,1,3,5-9H2,2H3;2-6H2,1H3. The number of rotatable bonds is 4. The molecule has 0 radical (unpaired) electrons. The van der Waals surface area contributed by atoms with Gasteiger partial charge in [-0.25, -0.2) is 4.39 Å². The summed E-state index contributed by atoms with van der Waals surface area (Å²) in [6, 6.07) is -0.0924. The summed E-state index contributed by atoms with van der Waals surface area (Å²) >= 11 is 0. The number of amidine groups is 1. The highest BCUT2D eigenvalue weighted by Crippen LogP contribution is 2.30. The molecule has 0 aromatic carbocycles. The Morgan fingerprint density at radius 3 is 2.36 bits per heavy atom. The normalized spacial score (nSPS) is 28.1. The van der Waals surface area contributed by atoms with Crippen LogP contribution in [-0.4, -0.2) is 67.0 Å². The molecule has 0 aromatic rings. The third-order valence-electron chi connectivity index (χ3n) is 5.39. The van der Waals surface area contributed by atoms with Gasteiger partial charge < -0.3 is 15.1 Å². The molecular formula is C20H35FN4. The molecule has 5 heteroatoms. The molecule has 0 amide bonds. The van der Waals surface area contributed by atoms with Crippen LogP contribution < -0.4 is 5.32 Å². The van der Waals surface area contributed by atoms with Crippen molar-refractivity contribution in [3.05, 3.63) is 25.1 Å². The fourth-order valence-corrected chi connectivity index (χ4v) is 3.99. The van der Waals surface area contributed by atoms with E-state index in [4.69, 9.17) is 0 Å². The molecule has 3 aliphatic rings. The lowest BCUT2D eigenvalue weighted by atomic mass is 10.00. The molecule has 2 saturated heterocycles. The maximum Gasteiger partial charge on any atom is 0.127 e. The molecule has 25 heavy (non-hydrogen) atoms. The van der Waals surface area contributed by atoms with E-state index in [0.717, 1.165) is 38.2 Å². The molecule has 0 aromatic heterocycles. The monoisotopic (exact) mass is 350 g/mol. The van der Waals surface area contributed by atoms with E-state index < -0.39 is 6.04 Å². The van der Waals surface area contributed by atoms with E-state index in [9.17, 15) is 4.39 Å². The van der Waals surface area contributed by atoms with E-state index in [1.54, 1.807) is 0 Å². The lowest BCUT2D eigenvalue weighted by Crippen LogP contribution is -2.49. The average molecular weight is 351 g/mol. The minimum atomic E-state index is -0.465. The van der Waals surface area contributed by atoms with Crippen LogP contribution in [0.4, 0.5) is 4.39 Å². The molecule has 3 heterocycles. The molecule has 2 unspecified atom stereocenters. The van der Waals surface area contributed by atoms with E-state index in [0.29, 0.717) is 6.04 Å². The van der Waals surface area contributed by atoms with Crippen LogP contribution in [0.15, 0.2) is 30.1 Å². The predicted molar refractivity (Wildman–Crippen MR) is 105 cm³/mol. The van der Waals surface area contributed by atoms with E-state index in [1.165, 1.54) is 32.4 Å². The van der Waals surface area contributed by atoms with Crippen LogP contribution in [-0.2, 0) is 0 Å². The molecule has 0 aliphatic carbocycles. The van der Waals surface area contributed by atoms with Gasteiger partial charge >= 0.3 is 0 Å². The van der Waals surface area contributed by atoms with Crippen molar-refractivity contribution in [2.45, 2.75) is 63.6 Å². The highest BCUT2D eigenvalue weighted by atomic mass is 19.1. The molecular weight excluding hydrogens is 315 g/mol. The molecule has 2 atom stereocenters. The van der Waals surface area contributed by atoms with Crippen molar-refractivity contribution >= 4 is 5.84 Å². The Labute approximate surface area is 152 Å². The van der Waals surface area contributed by atoms with Crippen LogP contribution in [0.2, 0.25) is 0 Å². The first kappa shape index (κ1) is 20.1. The maximum atomic E-state index is 13.5. The Morgan fingerprint density at radius 1 is 1.28 bits per heavy atom. The quantitative estimate of drug-likeness (QED) is 0.789. The number of nitrogens with one attached hydrogen (secondary N) is 1. The van der Waals surface area contributed by atoms with Gasteiger partial charge in [0.1, 0.15) is 17.7 Å². The van der Waals surface area contributed by atoms with Crippen molar-refractivity contribution in [1.82, 2.24) is 15.1 Å². The van der Waals surface area contributed by atoms with Crippen LogP contribution in [0, 0.1) is 0 Å². The summed E-state index contributed by atoms with van der Waals surface area (Å²) in [5, 5.41) is 3.35. The molecule has 3 aliphatic heterocycles. The van der Waals surface area contributed by atoms with Gasteiger partial charge in [0, 0.05) is 12.5 Å². The summed E-state index contributed by atoms with van der Waals surface area (Å²) in [5.41, 5.74) is 0. The number of nitrogens with zero attached hydrogens (tertiary/aromatic N) is 3. The van der Waals surface area contributed by atoms with E-state index in [1.807, 2.05) is 6.08 Å². The van der Waals surface area contributed by atoms with E-state index in [-0.39, 0.29) is 11.9 Å². The largest absolute Gasteiger partial charge is 0.348 e. The maximum absolute atomic E-state index is 13.5.